The third-order valence-electron chi connectivity index (χ3n) is 5.69. The molecule has 5 heteroatoms. The Kier molecular flexibility index (Phi) is 4.87. The number of hydrogen-bond acceptors (Lipinski definition) is 3. The number of halogens is 2. The van der Waals surface area contributed by atoms with Gasteiger partial charge in [-0.25, -0.2) is 4.98 Å². The number of nitrogens with zero attached hydrogens (tertiary/aromatic N) is 2. The maximum absolute atomic E-state index is 6.32. The maximum Gasteiger partial charge on any atom is 0.228 e. The molecule has 0 unspecified atom stereocenters. The first-order valence-electron chi connectivity index (χ1n) is 10.5. The van der Waals surface area contributed by atoms with E-state index < -0.39 is 0 Å². The molecule has 0 bridgehead atoms. The highest BCUT2D eigenvalue weighted by Gasteiger charge is 2.13. The summed E-state index contributed by atoms with van der Waals surface area (Å²) >= 11 is 12.4. The second-order valence-corrected chi connectivity index (χ2v) is 8.63. The Morgan fingerprint density at radius 1 is 0.758 bits per heavy atom. The van der Waals surface area contributed by atoms with Gasteiger partial charge < -0.3 is 4.42 Å². The zero-order chi connectivity index (χ0) is 22.4. The van der Waals surface area contributed by atoms with Crippen LogP contribution < -0.4 is 0 Å². The lowest BCUT2D eigenvalue weighted by molar-refractivity contribution is 0.620. The minimum Gasteiger partial charge on any atom is -0.436 e. The van der Waals surface area contributed by atoms with Gasteiger partial charge in [0.15, 0.2) is 5.58 Å². The van der Waals surface area contributed by atoms with Gasteiger partial charge in [0.25, 0.3) is 0 Å². The Morgan fingerprint density at radius 3 is 2.24 bits per heavy atom. The molecule has 0 spiro atoms. The van der Waals surface area contributed by atoms with E-state index in [2.05, 4.69) is 59.6 Å². The third-order valence-corrected chi connectivity index (χ3v) is 6.25. The fraction of sp³-hybridized carbons (Fsp3) is 0. The first-order chi connectivity index (χ1) is 16.2. The molecule has 6 rings (SSSR count). The van der Waals surface area contributed by atoms with Crippen LogP contribution in [0.25, 0.3) is 44.1 Å². The molecule has 1 aromatic heterocycles. The SMILES string of the molecule is Clc1ccc(Cl)c(-c2nc3cc(N=Cc4c5ccccc5cc5ccccc45)ccc3o2)c1. The van der Waals surface area contributed by atoms with E-state index in [-0.39, 0.29) is 0 Å². The van der Waals surface area contributed by atoms with Crippen LogP contribution in [0.4, 0.5) is 5.69 Å². The van der Waals surface area contributed by atoms with E-state index >= 15 is 0 Å². The maximum atomic E-state index is 6.32. The van der Waals surface area contributed by atoms with Crippen LogP contribution >= 0.6 is 23.2 Å². The first-order valence-corrected chi connectivity index (χ1v) is 11.2. The fourth-order valence-electron chi connectivity index (χ4n) is 4.10. The van der Waals surface area contributed by atoms with Crippen molar-refractivity contribution in [3.05, 3.63) is 107 Å². The number of hydrogen-bond donors (Lipinski definition) is 0. The zero-order valence-electron chi connectivity index (χ0n) is 17.3. The quantitative estimate of drug-likeness (QED) is 0.193. The molecule has 0 N–H and O–H groups in total. The predicted octanol–water partition coefficient (Wildman–Crippen LogP) is 8.86. The van der Waals surface area contributed by atoms with Crippen molar-refractivity contribution in [1.29, 1.82) is 0 Å². The van der Waals surface area contributed by atoms with E-state index in [1.807, 2.05) is 24.4 Å². The second-order valence-electron chi connectivity index (χ2n) is 7.79. The molecule has 1 heterocycles. The number of aromatic nitrogens is 1. The zero-order valence-corrected chi connectivity index (χ0v) is 18.8. The van der Waals surface area contributed by atoms with Crippen molar-refractivity contribution in [2.45, 2.75) is 0 Å². The summed E-state index contributed by atoms with van der Waals surface area (Å²) in [5, 5.41) is 5.82. The molecule has 0 atom stereocenters. The number of fused-ring (bicyclic) bond motifs is 3. The first kappa shape index (κ1) is 20.0. The molecule has 0 saturated carbocycles. The second kappa shape index (κ2) is 8.04. The van der Waals surface area contributed by atoms with Crippen LogP contribution in [0.1, 0.15) is 5.56 Å². The van der Waals surface area contributed by atoms with E-state index in [0.717, 1.165) is 11.3 Å². The molecule has 0 amide bonds. The average Bonchev–Trinajstić information content (AvgIpc) is 3.26. The van der Waals surface area contributed by atoms with E-state index in [1.54, 1.807) is 18.2 Å². The lowest BCUT2D eigenvalue weighted by atomic mass is 9.97. The smallest absolute Gasteiger partial charge is 0.228 e. The molecule has 0 aliphatic carbocycles. The largest absolute Gasteiger partial charge is 0.436 e. The van der Waals surface area contributed by atoms with E-state index in [0.29, 0.717) is 32.6 Å². The van der Waals surface area contributed by atoms with Gasteiger partial charge in [0.05, 0.1) is 16.3 Å². The molecule has 33 heavy (non-hydrogen) atoms. The summed E-state index contributed by atoms with van der Waals surface area (Å²) in [6, 6.07) is 29.9. The van der Waals surface area contributed by atoms with Crippen LogP contribution in [0, 0.1) is 0 Å². The standard InChI is InChI=1S/C28H16Cl2N2O/c29-19-9-11-25(30)23(14-19)28-32-26-15-20(10-12-27(26)33-28)31-16-24-21-7-3-1-5-17(21)13-18-6-2-4-8-22(18)24/h1-16H. The van der Waals surface area contributed by atoms with Gasteiger partial charge in [-0.05, 0) is 64.0 Å². The Morgan fingerprint density at radius 2 is 1.48 bits per heavy atom. The lowest BCUT2D eigenvalue weighted by Crippen LogP contribution is -1.88. The van der Waals surface area contributed by atoms with E-state index in [4.69, 9.17) is 32.6 Å². The van der Waals surface area contributed by atoms with Crippen molar-refractivity contribution < 1.29 is 4.42 Å². The molecule has 3 nitrogen and oxygen atoms in total. The molecule has 0 fully saturated rings. The van der Waals surface area contributed by atoms with E-state index in [9.17, 15) is 0 Å². The summed E-state index contributed by atoms with van der Waals surface area (Å²) in [5.74, 6) is 0.429. The highest BCUT2D eigenvalue weighted by atomic mass is 35.5. The van der Waals surface area contributed by atoms with Gasteiger partial charge in [0, 0.05) is 16.8 Å². The van der Waals surface area contributed by atoms with E-state index in [1.165, 1.54) is 21.5 Å². The van der Waals surface area contributed by atoms with Crippen molar-refractivity contribution in [2.24, 2.45) is 4.99 Å². The average molecular weight is 467 g/mol. The van der Waals surface area contributed by atoms with Gasteiger partial charge in [-0.1, -0.05) is 71.7 Å². The van der Waals surface area contributed by atoms with Gasteiger partial charge in [0.1, 0.15) is 5.52 Å². The lowest BCUT2D eigenvalue weighted by Gasteiger charge is -2.07. The van der Waals surface area contributed by atoms with Crippen LogP contribution in [-0.4, -0.2) is 11.2 Å². The van der Waals surface area contributed by atoms with Crippen molar-refractivity contribution in [2.75, 3.05) is 0 Å². The third kappa shape index (κ3) is 3.66. The summed E-state index contributed by atoms with van der Waals surface area (Å²) in [5.41, 5.74) is 3.91. The van der Waals surface area contributed by atoms with Crippen LogP contribution in [0.2, 0.25) is 10.0 Å². The van der Waals surface area contributed by atoms with Gasteiger partial charge in [0.2, 0.25) is 5.89 Å². The number of aliphatic imine (C=N–C) groups is 1. The van der Waals surface area contributed by atoms with Crippen molar-refractivity contribution in [3.8, 4) is 11.5 Å². The molecule has 6 aromatic rings. The van der Waals surface area contributed by atoms with Gasteiger partial charge in [-0.2, -0.15) is 0 Å². The number of rotatable bonds is 3. The Labute approximate surface area is 199 Å². The van der Waals surface area contributed by atoms with Gasteiger partial charge >= 0.3 is 0 Å². The molecule has 0 aliphatic rings. The molecule has 0 aliphatic heterocycles. The minimum atomic E-state index is 0.429. The minimum absolute atomic E-state index is 0.429. The fourth-order valence-corrected chi connectivity index (χ4v) is 4.47. The van der Waals surface area contributed by atoms with Crippen LogP contribution in [-0.2, 0) is 0 Å². The van der Waals surface area contributed by atoms with Crippen molar-refractivity contribution in [3.63, 3.8) is 0 Å². The summed E-state index contributed by atoms with van der Waals surface area (Å²) in [4.78, 5) is 9.40. The summed E-state index contributed by atoms with van der Waals surface area (Å²) in [6.45, 7) is 0. The molecule has 158 valence electrons. The normalized spacial score (nSPS) is 11.8. The topological polar surface area (TPSA) is 38.4 Å². The molecular formula is C28H16Cl2N2O. The van der Waals surface area contributed by atoms with Crippen LogP contribution in [0.15, 0.2) is 100 Å². The summed E-state index contributed by atoms with van der Waals surface area (Å²) in [6.07, 6.45) is 1.93. The van der Waals surface area contributed by atoms with Gasteiger partial charge in [-0.3, -0.25) is 4.99 Å². The molecule has 5 aromatic carbocycles. The van der Waals surface area contributed by atoms with Crippen molar-refractivity contribution >= 4 is 67.7 Å². The van der Waals surface area contributed by atoms with Gasteiger partial charge in [-0.15, -0.1) is 0 Å². The molecule has 0 radical (unpaired) electrons. The summed E-state index contributed by atoms with van der Waals surface area (Å²) in [7, 11) is 0. The highest BCUT2D eigenvalue weighted by molar-refractivity contribution is 6.35. The van der Waals surface area contributed by atoms with Crippen molar-refractivity contribution in [1.82, 2.24) is 4.98 Å². The molecule has 0 saturated heterocycles. The van der Waals surface area contributed by atoms with Crippen LogP contribution in [0.5, 0.6) is 0 Å². The summed E-state index contributed by atoms with van der Waals surface area (Å²) < 4.78 is 5.92. The van der Waals surface area contributed by atoms with Crippen LogP contribution in [0.3, 0.4) is 0 Å². The monoisotopic (exact) mass is 466 g/mol. The number of oxazole rings is 1. The molecular weight excluding hydrogens is 451 g/mol. The predicted molar refractivity (Wildman–Crippen MR) is 138 cm³/mol. The Balaban J connectivity index is 1.44. The Bertz CT molecular complexity index is 1650. The Hall–Kier alpha value is -3.66. The highest BCUT2D eigenvalue weighted by Crippen LogP contribution is 2.33. The number of benzene rings is 5.